The Morgan fingerprint density at radius 1 is 1.75 bits per heavy atom. The van der Waals surface area contributed by atoms with E-state index in [9.17, 15) is 18.5 Å². The first-order chi connectivity index (χ1) is 7.20. The summed E-state index contributed by atoms with van der Waals surface area (Å²) in [7, 11) is -1.86. The molecule has 1 heterocycles. The van der Waals surface area contributed by atoms with Gasteiger partial charge in [-0.2, -0.15) is 10.3 Å². The van der Waals surface area contributed by atoms with Crippen LogP contribution in [-0.2, 0) is 9.84 Å². The number of hydrogen-bond donors (Lipinski definition) is 0. The van der Waals surface area contributed by atoms with Crippen LogP contribution in [0.15, 0.2) is 4.99 Å². The molecule has 0 aliphatic carbocycles. The monoisotopic (exact) mass is 246 g/mol. The number of nitriles is 1. The molecule has 0 fully saturated rings. The molecule has 88 valence electrons. The molecule has 1 atom stereocenters. The van der Waals surface area contributed by atoms with Crippen molar-refractivity contribution in [3.8, 4) is 6.07 Å². The van der Waals surface area contributed by atoms with E-state index in [0.29, 0.717) is 0 Å². The zero-order valence-corrected chi connectivity index (χ0v) is 9.56. The van der Waals surface area contributed by atoms with Gasteiger partial charge in [0.25, 0.3) is 0 Å². The summed E-state index contributed by atoms with van der Waals surface area (Å²) >= 11 is 0. The van der Waals surface area contributed by atoms with Crippen molar-refractivity contribution in [3.63, 3.8) is 0 Å². The summed E-state index contributed by atoms with van der Waals surface area (Å²) in [4.78, 5) is 14.8. The first-order valence-electron chi connectivity index (χ1n) is 4.23. The number of rotatable bonds is 3. The molecule has 0 aromatic carbocycles. The normalized spacial score (nSPS) is 25.1. The summed E-state index contributed by atoms with van der Waals surface area (Å²) < 4.78 is 22.1. The number of nitro groups is 1. The molecule has 1 rings (SSSR count). The highest BCUT2D eigenvalue weighted by Crippen LogP contribution is 2.20. The number of sulfone groups is 1. The van der Waals surface area contributed by atoms with Crippen LogP contribution in [0.25, 0.3) is 0 Å². The average molecular weight is 246 g/mol. The van der Waals surface area contributed by atoms with E-state index in [2.05, 4.69) is 4.99 Å². The SMILES string of the molecule is CN1CC(C#N)([N+](=O)[O-])N=C1CS(C)(=O)=O. The van der Waals surface area contributed by atoms with Gasteiger partial charge < -0.3 is 4.90 Å². The maximum Gasteiger partial charge on any atom is 0.418 e. The molecule has 0 spiro atoms. The van der Waals surface area contributed by atoms with Gasteiger partial charge in [-0.1, -0.05) is 0 Å². The van der Waals surface area contributed by atoms with E-state index >= 15 is 0 Å². The molecule has 1 aliphatic heterocycles. The van der Waals surface area contributed by atoms with E-state index < -0.39 is 26.2 Å². The highest BCUT2D eigenvalue weighted by atomic mass is 32.2. The van der Waals surface area contributed by atoms with Crippen molar-refractivity contribution in [3.05, 3.63) is 10.1 Å². The van der Waals surface area contributed by atoms with Gasteiger partial charge in [0.2, 0.25) is 0 Å². The first-order valence-corrected chi connectivity index (χ1v) is 6.29. The molecular formula is C7H10N4O4S. The van der Waals surface area contributed by atoms with Crippen molar-refractivity contribution < 1.29 is 13.3 Å². The van der Waals surface area contributed by atoms with E-state index in [1.54, 1.807) is 0 Å². The number of likely N-dealkylation sites (N-methyl/N-ethyl adjacent to an activating group) is 1. The van der Waals surface area contributed by atoms with Crippen LogP contribution < -0.4 is 0 Å². The topological polar surface area (TPSA) is 117 Å². The lowest BCUT2D eigenvalue weighted by molar-refractivity contribution is -0.547. The first kappa shape index (κ1) is 12.4. The molecule has 16 heavy (non-hydrogen) atoms. The third kappa shape index (κ3) is 2.27. The summed E-state index contributed by atoms with van der Waals surface area (Å²) in [6.07, 6.45) is 1.00. The summed E-state index contributed by atoms with van der Waals surface area (Å²) in [6.45, 7) is -0.235. The summed E-state index contributed by atoms with van der Waals surface area (Å²) in [5.41, 5.74) is -2.07. The van der Waals surface area contributed by atoms with Crippen molar-refractivity contribution in [2.24, 2.45) is 4.99 Å². The molecule has 0 aromatic rings. The third-order valence-electron chi connectivity index (χ3n) is 2.08. The quantitative estimate of drug-likeness (QED) is 0.459. The minimum Gasteiger partial charge on any atom is -0.352 e. The Bertz CT molecular complexity index is 491. The maximum atomic E-state index is 11.0. The van der Waals surface area contributed by atoms with E-state index in [1.807, 2.05) is 0 Å². The fourth-order valence-corrected chi connectivity index (χ4v) is 2.09. The Kier molecular flexibility index (Phi) is 2.87. The van der Waals surface area contributed by atoms with Crippen LogP contribution in [-0.4, -0.2) is 55.3 Å². The van der Waals surface area contributed by atoms with E-state index in [1.165, 1.54) is 18.0 Å². The second-order valence-electron chi connectivity index (χ2n) is 3.64. The highest BCUT2D eigenvalue weighted by molar-refractivity contribution is 7.91. The molecule has 9 heteroatoms. The van der Waals surface area contributed by atoms with Gasteiger partial charge in [0.1, 0.15) is 18.1 Å². The second kappa shape index (κ2) is 3.71. The highest BCUT2D eigenvalue weighted by Gasteiger charge is 2.50. The molecule has 0 saturated carbocycles. The van der Waals surface area contributed by atoms with Gasteiger partial charge in [-0.3, -0.25) is 10.1 Å². The van der Waals surface area contributed by atoms with Crippen LogP contribution in [0.2, 0.25) is 0 Å². The molecule has 0 amide bonds. The largest absolute Gasteiger partial charge is 0.418 e. The molecule has 0 saturated heterocycles. The van der Waals surface area contributed by atoms with Crippen molar-refractivity contribution in [1.82, 2.24) is 4.90 Å². The molecule has 0 bridgehead atoms. The van der Waals surface area contributed by atoms with Gasteiger partial charge in [-0.25, -0.2) is 8.42 Å². The van der Waals surface area contributed by atoms with Crippen LogP contribution in [0.3, 0.4) is 0 Å². The van der Waals surface area contributed by atoms with E-state index in [0.717, 1.165) is 6.26 Å². The lowest BCUT2D eigenvalue weighted by Gasteiger charge is -2.12. The minimum atomic E-state index is -3.33. The molecule has 0 aromatic heterocycles. The predicted molar refractivity (Wildman–Crippen MR) is 55.1 cm³/mol. The smallest absolute Gasteiger partial charge is 0.352 e. The molecular weight excluding hydrogens is 236 g/mol. The van der Waals surface area contributed by atoms with Crippen LogP contribution >= 0.6 is 0 Å². The van der Waals surface area contributed by atoms with E-state index in [-0.39, 0.29) is 12.4 Å². The molecule has 8 nitrogen and oxygen atoms in total. The maximum absolute atomic E-state index is 11.0. The van der Waals surface area contributed by atoms with Crippen LogP contribution in [0.4, 0.5) is 0 Å². The van der Waals surface area contributed by atoms with Gasteiger partial charge in [0.05, 0.1) is 4.92 Å². The second-order valence-corrected chi connectivity index (χ2v) is 5.78. The van der Waals surface area contributed by atoms with Gasteiger partial charge in [0.15, 0.2) is 15.9 Å². The minimum absolute atomic E-state index is 0.0424. The number of amidine groups is 1. The third-order valence-corrected chi connectivity index (χ3v) is 2.87. The zero-order valence-electron chi connectivity index (χ0n) is 8.74. The lowest BCUT2D eigenvalue weighted by atomic mass is 10.2. The summed E-state index contributed by atoms with van der Waals surface area (Å²) in [5.74, 6) is -0.360. The summed E-state index contributed by atoms with van der Waals surface area (Å²) in [6, 6.07) is 1.50. The van der Waals surface area contributed by atoms with Crippen molar-refractivity contribution in [2.45, 2.75) is 5.66 Å². The number of aliphatic imine (C=N–C) groups is 1. The standard InChI is InChI=1S/C7H10N4O4S/c1-10-5-7(4-8,11(12)13)9-6(10)3-16(2,14)15/h3,5H2,1-2H3. The predicted octanol–water partition coefficient (Wildman–Crippen LogP) is -1.13. The van der Waals surface area contributed by atoms with Crippen LogP contribution in [0, 0.1) is 21.4 Å². The van der Waals surface area contributed by atoms with Crippen LogP contribution in [0.1, 0.15) is 0 Å². The van der Waals surface area contributed by atoms with Gasteiger partial charge in [-0.05, 0) is 0 Å². The van der Waals surface area contributed by atoms with Gasteiger partial charge >= 0.3 is 5.66 Å². The lowest BCUT2D eigenvalue weighted by Crippen LogP contribution is -2.40. The number of nitrogens with zero attached hydrogens (tertiary/aromatic N) is 4. The Morgan fingerprint density at radius 2 is 2.31 bits per heavy atom. The molecule has 0 N–H and O–H groups in total. The number of hydrogen-bond acceptors (Lipinski definition) is 7. The fourth-order valence-electron chi connectivity index (χ4n) is 1.33. The van der Waals surface area contributed by atoms with Gasteiger partial charge in [0, 0.05) is 13.3 Å². The molecule has 1 aliphatic rings. The Labute approximate surface area is 92.2 Å². The van der Waals surface area contributed by atoms with Crippen molar-refractivity contribution in [2.75, 3.05) is 25.6 Å². The van der Waals surface area contributed by atoms with Crippen LogP contribution in [0.5, 0.6) is 0 Å². The van der Waals surface area contributed by atoms with Crippen molar-refractivity contribution in [1.29, 1.82) is 5.26 Å². The van der Waals surface area contributed by atoms with Gasteiger partial charge in [-0.15, -0.1) is 0 Å². The average Bonchev–Trinajstić information content (AvgIpc) is 2.42. The Balaban J connectivity index is 3.10. The van der Waals surface area contributed by atoms with E-state index in [4.69, 9.17) is 5.26 Å². The molecule has 0 radical (unpaired) electrons. The summed E-state index contributed by atoms with van der Waals surface area (Å²) in [5, 5.41) is 19.5. The zero-order chi connectivity index (χ0) is 12.6. The Hall–Kier alpha value is -1.69. The van der Waals surface area contributed by atoms with Crippen molar-refractivity contribution >= 4 is 15.7 Å². The fraction of sp³-hybridized carbons (Fsp3) is 0.714. The Morgan fingerprint density at radius 3 is 2.62 bits per heavy atom. The molecule has 1 unspecified atom stereocenters.